The van der Waals surface area contributed by atoms with Crippen LogP contribution < -0.4 is 5.32 Å². The molecule has 0 saturated heterocycles. The Morgan fingerprint density at radius 1 is 1.28 bits per heavy atom. The Morgan fingerprint density at radius 3 is 2.78 bits per heavy atom. The van der Waals surface area contributed by atoms with Gasteiger partial charge in [-0.2, -0.15) is 0 Å². The number of nitrogens with one attached hydrogen (secondary N) is 1. The molecule has 18 heavy (non-hydrogen) atoms. The second-order valence-electron chi connectivity index (χ2n) is 3.41. The first kappa shape index (κ1) is 13.2. The Labute approximate surface area is 120 Å². The molecule has 0 aliphatic heterocycles. The summed E-state index contributed by atoms with van der Waals surface area (Å²) in [5.41, 5.74) is 0.309. The minimum atomic E-state index is -0.501. The number of amides is 1. The lowest BCUT2D eigenvalue weighted by Gasteiger charge is -2.07. The summed E-state index contributed by atoms with van der Waals surface area (Å²) in [7, 11) is 0. The molecule has 92 valence electrons. The number of nitrogens with zero attached hydrogens (tertiary/aromatic N) is 1. The molecular weight excluding hydrogens is 367 g/mol. The first-order valence-electron chi connectivity index (χ1n) is 4.95. The molecule has 0 aliphatic rings. The maximum Gasteiger partial charge on any atom is 0.275 e. The lowest BCUT2D eigenvalue weighted by Crippen LogP contribution is -2.15. The van der Waals surface area contributed by atoms with Crippen molar-refractivity contribution in [3.05, 3.63) is 57.0 Å². The van der Waals surface area contributed by atoms with E-state index >= 15 is 0 Å². The molecule has 0 fully saturated rings. The number of carbonyl (C=O) groups is 1. The number of halogens is 3. The molecule has 2 rings (SSSR count). The molecule has 1 amide bonds. The molecule has 3 nitrogen and oxygen atoms in total. The van der Waals surface area contributed by atoms with Gasteiger partial charge in [-0.25, -0.2) is 9.37 Å². The molecular formula is C12H7Br2FN2O. The number of pyridine rings is 1. The highest BCUT2D eigenvalue weighted by atomic mass is 79.9. The van der Waals surface area contributed by atoms with Crippen LogP contribution in [0.3, 0.4) is 0 Å². The smallest absolute Gasteiger partial charge is 0.275 e. The van der Waals surface area contributed by atoms with Crippen molar-refractivity contribution in [2.24, 2.45) is 0 Å². The van der Waals surface area contributed by atoms with Crippen molar-refractivity contribution >= 4 is 43.5 Å². The van der Waals surface area contributed by atoms with Crippen LogP contribution in [-0.4, -0.2) is 10.9 Å². The predicted octanol–water partition coefficient (Wildman–Crippen LogP) is 4.00. The zero-order valence-electron chi connectivity index (χ0n) is 8.95. The third kappa shape index (κ3) is 2.94. The first-order chi connectivity index (χ1) is 8.58. The zero-order valence-corrected chi connectivity index (χ0v) is 12.1. The van der Waals surface area contributed by atoms with Gasteiger partial charge in [0.25, 0.3) is 5.91 Å². The largest absolute Gasteiger partial charge is 0.318 e. The predicted molar refractivity (Wildman–Crippen MR) is 74.0 cm³/mol. The Kier molecular flexibility index (Phi) is 4.08. The summed E-state index contributed by atoms with van der Waals surface area (Å²) in [6.45, 7) is 0. The average molecular weight is 374 g/mol. The van der Waals surface area contributed by atoms with Gasteiger partial charge in [-0.15, -0.1) is 0 Å². The fraction of sp³-hybridized carbons (Fsp3) is 0. The van der Waals surface area contributed by atoms with Gasteiger partial charge >= 0.3 is 0 Å². The number of carbonyl (C=O) groups excluding carboxylic acids is 1. The third-order valence-corrected chi connectivity index (χ3v) is 3.28. The van der Waals surface area contributed by atoms with Crippen molar-refractivity contribution < 1.29 is 9.18 Å². The maximum atomic E-state index is 13.5. The number of benzene rings is 1. The highest BCUT2D eigenvalue weighted by Crippen LogP contribution is 2.21. The van der Waals surface area contributed by atoms with Crippen LogP contribution in [0.4, 0.5) is 10.1 Å². The van der Waals surface area contributed by atoms with Crippen molar-refractivity contribution in [1.82, 2.24) is 4.98 Å². The lowest BCUT2D eigenvalue weighted by atomic mass is 10.3. The van der Waals surface area contributed by atoms with Gasteiger partial charge < -0.3 is 5.32 Å². The van der Waals surface area contributed by atoms with E-state index in [1.165, 1.54) is 18.3 Å². The van der Waals surface area contributed by atoms with Gasteiger partial charge in [0.2, 0.25) is 0 Å². The van der Waals surface area contributed by atoms with Crippen molar-refractivity contribution in [3.63, 3.8) is 0 Å². The van der Waals surface area contributed by atoms with E-state index in [1.807, 2.05) is 0 Å². The Morgan fingerprint density at radius 2 is 2.06 bits per heavy atom. The molecule has 0 bridgehead atoms. The molecule has 2 aromatic rings. The average Bonchev–Trinajstić information content (AvgIpc) is 2.34. The molecule has 0 spiro atoms. The van der Waals surface area contributed by atoms with Crippen molar-refractivity contribution in [2.45, 2.75) is 0 Å². The summed E-state index contributed by atoms with van der Waals surface area (Å²) in [5.74, 6) is -0.974. The Balaban J connectivity index is 2.27. The number of aromatic nitrogens is 1. The molecule has 6 heteroatoms. The topological polar surface area (TPSA) is 42.0 Å². The fourth-order valence-electron chi connectivity index (χ4n) is 1.33. The van der Waals surface area contributed by atoms with Crippen LogP contribution in [-0.2, 0) is 0 Å². The highest BCUT2D eigenvalue weighted by Gasteiger charge is 2.13. The van der Waals surface area contributed by atoms with Crippen LogP contribution in [0.5, 0.6) is 0 Å². The van der Waals surface area contributed by atoms with E-state index in [1.54, 1.807) is 18.2 Å². The summed E-state index contributed by atoms with van der Waals surface area (Å²) in [6.07, 6.45) is 1.50. The van der Waals surface area contributed by atoms with Gasteiger partial charge in [0.05, 0.1) is 5.69 Å². The number of rotatable bonds is 2. The van der Waals surface area contributed by atoms with Crippen LogP contribution >= 0.6 is 31.9 Å². The number of anilines is 1. The fourth-order valence-corrected chi connectivity index (χ4v) is 2.12. The van der Waals surface area contributed by atoms with E-state index in [9.17, 15) is 9.18 Å². The van der Waals surface area contributed by atoms with E-state index in [0.717, 1.165) is 0 Å². The van der Waals surface area contributed by atoms with Gasteiger partial charge in [0.15, 0.2) is 0 Å². The molecule has 1 aromatic heterocycles. The molecule has 1 heterocycles. The molecule has 0 aliphatic carbocycles. The zero-order chi connectivity index (χ0) is 13.1. The van der Waals surface area contributed by atoms with Crippen molar-refractivity contribution in [2.75, 3.05) is 5.32 Å². The molecule has 1 N–H and O–H groups in total. The number of hydrogen-bond donors (Lipinski definition) is 1. The standard InChI is InChI=1S/C12H7Br2FN2O/c13-7-3-4-9(15)10(6-7)17-12(18)11-8(14)2-1-5-16-11/h1-6H,(H,17,18). The van der Waals surface area contributed by atoms with Crippen molar-refractivity contribution in [3.8, 4) is 0 Å². The highest BCUT2D eigenvalue weighted by molar-refractivity contribution is 9.10. The Hall–Kier alpha value is -1.27. The molecule has 0 saturated carbocycles. The minimum Gasteiger partial charge on any atom is -0.318 e. The second-order valence-corrected chi connectivity index (χ2v) is 5.18. The molecule has 0 atom stereocenters. The van der Waals surface area contributed by atoms with Gasteiger partial charge in [0.1, 0.15) is 11.5 Å². The third-order valence-electron chi connectivity index (χ3n) is 2.15. The summed E-state index contributed by atoms with van der Waals surface area (Å²) in [4.78, 5) is 15.8. The van der Waals surface area contributed by atoms with E-state index < -0.39 is 11.7 Å². The van der Waals surface area contributed by atoms with E-state index in [2.05, 4.69) is 42.2 Å². The van der Waals surface area contributed by atoms with Crippen LogP contribution in [0.1, 0.15) is 10.5 Å². The van der Waals surface area contributed by atoms with Crippen LogP contribution in [0.25, 0.3) is 0 Å². The molecule has 0 unspecified atom stereocenters. The van der Waals surface area contributed by atoms with Crippen LogP contribution in [0, 0.1) is 5.82 Å². The summed E-state index contributed by atoms with van der Waals surface area (Å²) < 4.78 is 14.7. The van der Waals surface area contributed by atoms with Gasteiger partial charge in [-0.3, -0.25) is 4.79 Å². The van der Waals surface area contributed by atoms with E-state index in [0.29, 0.717) is 8.95 Å². The Bertz CT molecular complexity index is 604. The monoisotopic (exact) mass is 372 g/mol. The van der Waals surface area contributed by atoms with Crippen LogP contribution in [0.15, 0.2) is 45.5 Å². The van der Waals surface area contributed by atoms with E-state index in [4.69, 9.17) is 0 Å². The van der Waals surface area contributed by atoms with Crippen LogP contribution in [0.2, 0.25) is 0 Å². The van der Waals surface area contributed by atoms with Gasteiger partial charge in [0, 0.05) is 15.1 Å². The SMILES string of the molecule is O=C(Nc1cc(Br)ccc1F)c1ncccc1Br. The summed E-state index contributed by atoms with van der Waals surface area (Å²) in [6, 6.07) is 7.71. The van der Waals surface area contributed by atoms with E-state index in [-0.39, 0.29) is 11.4 Å². The second kappa shape index (κ2) is 5.58. The lowest BCUT2D eigenvalue weighted by molar-refractivity contribution is 0.102. The molecule has 1 aromatic carbocycles. The van der Waals surface area contributed by atoms with Crippen molar-refractivity contribution in [1.29, 1.82) is 0 Å². The van der Waals surface area contributed by atoms with Gasteiger partial charge in [-0.1, -0.05) is 15.9 Å². The summed E-state index contributed by atoms with van der Waals surface area (Å²) >= 11 is 6.43. The molecule has 0 radical (unpaired) electrons. The normalized spacial score (nSPS) is 10.2. The maximum absolute atomic E-state index is 13.5. The number of hydrogen-bond acceptors (Lipinski definition) is 2. The first-order valence-corrected chi connectivity index (χ1v) is 6.53. The minimum absolute atomic E-state index is 0.104. The quantitative estimate of drug-likeness (QED) is 0.864. The van der Waals surface area contributed by atoms with Gasteiger partial charge in [-0.05, 0) is 46.3 Å². The summed E-state index contributed by atoms with van der Waals surface area (Å²) in [5, 5.41) is 2.47.